The first-order valence-electron chi connectivity index (χ1n) is 4.28. The average Bonchev–Trinajstić information content (AvgIpc) is 2.85. The molecule has 1 aliphatic rings. The van der Waals surface area contributed by atoms with Crippen LogP contribution in [0.25, 0.3) is 0 Å². The van der Waals surface area contributed by atoms with Crippen molar-refractivity contribution in [3.05, 3.63) is 28.2 Å². The molecule has 3 heteroatoms. The fourth-order valence-electron chi connectivity index (χ4n) is 1.62. The van der Waals surface area contributed by atoms with Crippen molar-refractivity contribution in [2.45, 2.75) is 18.3 Å². The predicted molar refractivity (Wildman–Crippen MR) is 53.8 cm³/mol. The monoisotopic (exact) mass is 242 g/mol. The maximum absolute atomic E-state index is 9.66. The zero-order valence-electron chi connectivity index (χ0n) is 7.13. The lowest BCUT2D eigenvalue weighted by atomic mass is 9.96. The third-order valence-corrected chi connectivity index (χ3v) is 3.18. The van der Waals surface area contributed by atoms with Crippen LogP contribution in [0.15, 0.2) is 22.7 Å². The van der Waals surface area contributed by atoms with Gasteiger partial charge in [-0.1, -0.05) is 22.0 Å². The fourth-order valence-corrected chi connectivity index (χ4v) is 1.97. The highest BCUT2D eigenvalue weighted by atomic mass is 79.9. The van der Waals surface area contributed by atoms with E-state index in [1.54, 1.807) is 6.07 Å². The van der Waals surface area contributed by atoms with Crippen LogP contribution in [0.3, 0.4) is 0 Å². The van der Waals surface area contributed by atoms with E-state index in [1.165, 1.54) is 0 Å². The van der Waals surface area contributed by atoms with E-state index in [9.17, 15) is 10.2 Å². The molecule has 0 aliphatic heterocycles. The number of rotatable bonds is 2. The van der Waals surface area contributed by atoms with Gasteiger partial charge in [0.05, 0.1) is 6.61 Å². The van der Waals surface area contributed by atoms with Crippen LogP contribution in [0.5, 0.6) is 5.75 Å². The quantitative estimate of drug-likeness (QED) is 0.835. The summed E-state index contributed by atoms with van der Waals surface area (Å²) in [6.45, 7) is 0.127. The summed E-state index contributed by atoms with van der Waals surface area (Å²) < 4.78 is 0.863. The van der Waals surface area contributed by atoms with Gasteiger partial charge in [0.25, 0.3) is 0 Å². The van der Waals surface area contributed by atoms with Crippen LogP contribution < -0.4 is 0 Å². The molecule has 0 bridgehead atoms. The molecule has 1 fully saturated rings. The molecule has 2 nitrogen and oxygen atoms in total. The predicted octanol–water partition coefficient (Wildman–Crippen LogP) is 2.18. The van der Waals surface area contributed by atoms with Gasteiger partial charge in [-0.05, 0) is 25.0 Å². The molecule has 0 aromatic heterocycles. The second kappa shape index (κ2) is 3.00. The first-order valence-corrected chi connectivity index (χ1v) is 5.07. The van der Waals surface area contributed by atoms with Gasteiger partial charge in [0.2, 0.25) is 0 Å². The lowest BCUT2D eigenvalue weighted by molar-refractivity contribution is 0.252. The van der Waals surface area contributed by atoms with E-state index in [2.05, 4.69) is 15.9 Å². The van der Waals surface area contributed by atoms with Gasteiger partial charge in [-0.25, -0.2) is 0 Å². The molecule has 0 atom stereocenters. The first kappa shape index (κ1) is 9.03. The van der Waals surface area contributed by atoms with Gasteiger partial charge in [-0.15, -0.1) is 0 Å². The molecule has 1 aromatic carbocycles. The molecule has 0 amide bonds. The molecule has 13 heavy (non-hydrogen) atoms. The number of benzene rings is 1. The Balaban J connectivity index is 2.41. The summed E-state index contributed by atoms with van der Waals surface area (Å²) in [6, 6.07) is 5.44. The average molecular weight is 243 g/mol. The highest BCUT2D eigenvalue weighted by molar-refractivity contribution is 9.10. The topological polar surface area (TPSA) is 40.5 Å². The van der Waals surface area contributed by atoms with E-state index in [4.69, 9.17) is 0 Å². The maximum Gasteiger partial charge on any atom is 0.120 e. The Labute approximate surface area is 85.3 Å². The van der Waals surface area contributed by atoms with Crippen LogP contribution in [0, 0.1) is 0 Å². The number of phenols is 1. The molecular weight excluding hydrogens is 232 g/mol. The lowest BCUT2D eigenvalue weighted by Gasteiger charge is -2.13. The van der Waals surface area contributed by atoms with Crippen molar-refractivity contribution in [1.29, 1.82) is 0 Å². The largest absolute Gasteiger partial charge is 0.508 e. The van der Waals surface area contributed by atoms with Gasteiger partial charge in [-0.3, -0.25) is 0 Å². The minimum atomic E-state index is -0.148. The molecule has 2 rings (SSSR count). The van der Waals surface area contributed by atoms with Gasteiger partial charge in [-0.2, -0.15) is 0 Å². The Hall–Kier alpha value is -0.540. The van der Waals surface area contributed by atoms with Crippen molar-refractivity contribution >= 4 is 15.9 Å². The van der Waals surface area contributed by atoms with Crippen molar-refractivity contribution < 1.29 is 10.2 Å². The Kier molecular flexibility index (Phi) is 2.08. The molecule has 1 aliphatic carbocycles. The molecule has 1 saturated carbocycles. The summed E-state index contributed by atoms with van der Waals surface area (Å²) in [4.78, 5) is 0. The Morgan fingerprint density at radius 1 is 1.38 bits per heavy atom. The van der Waals surface area contributed by atoms with Gasteiger partial charge in [0.15, 0.2) is 0 Å². The zero-order chi connectivity index (χ0) is 9.47. The fraction of sp³-hybridized carbons (Fsp3) is 0.400. The summed E-state index contributed by atoms with van der Waals surface area (Å²) in [5.41, 5.74) is 0.725. The van der Waals surface area contributed by atoms with E-state index in [0.29, 0.717) is 0 Å². The number of hydrogen-bond acceptors (Lipinski definition) is 2. The highest BCUT2D eigenvalue weighted by Gasteiger charge is 2.45. The lowest BCUT2D eigenvalue weighted by Crippen LogP contribution is -2.11. The summed E-state index contributed by atoms with van der Waals surface area (Å²) in [6.07, 6.45) is 1.94. The number of hydrogen-bond donors (Lipinski definition) is 2. The molecular formula is C10H11BrO2. The molecule has 2 N–H and O–H groups in total. The molecule has 0 radical (unpaired) electrons. The standard InChI is InChI=1S/C10H11BrO2/c11-7-1-2-8(9(13)5-7)10(6-12)3-4-10/h1-2,5,12-13H,3-4,6H2. The van der Waals surface area contributed by atoms with E-state index in [1.807, 2.05) is 12.1 Å². The van der Waals surface area contributed by atoms with Crippen molar-refractivity contribution in [2.24, 2.45) is 0 Å². The summed E-state index contributed by atoms with van der Waals surface area (Å²) in [5.74, 6) is 0.279. The summed E-state index contributed by atoms with van der Waals surface area (Å²) in [7, 11) is 0. The molecule has 1 aromatic rings. The van der Waals surface area contributed by atoms with Gasteiger partial charge in [0.1, 0.15) is 5.75 Å². The van der Waals surface area contributed by atoms with Crippen molar-refractivity contribution in [2.75, 3.05) is 6.61 Å². The van der Waals surface area contributed by atoms with E-state index < -0.39 is 0 Å². The van der Waals surface area contributed by atoms with Crippen LogP contribution in [-0.2, 0) is 5.41 Å². The van der Waals surface area contributed by atoms with Gasteiger partial charge in [0, 0.05) is 15.5 Å². The number of aliphatic hydroxyl groups is 1. The summed E-state index contributed by atoms with van der Waals surface area (Å²) >= 11 is 3.28. The van der Waals surface area contributed by atoms with Crippen molar-refractivity contribution in [3.63, 3.8) is 0 Å². The van der Waals surface area contributed by atoms with Crippen molar-refractivity contribution in [3.8, 4) is 5.75 Å². The molecule has 70 valence electrons. The Morgan fingerprint density at radius 2 is 2.08 bits per heavy atom. The minimum Gasteiger partial charge on any atom is -0.508 e. The van der Waals surface area contributed by atoms with Crippen LogP contribution in [0.4, 0.5) is 0 Å². The van der Waals surface area contributed by atoms with Crippen LogP contribution >= 0.6 is 15.9 Å². The summed E-state index contributed by atoms with van der Waals surface area (Å²) in [5, 5.41) is 18.8. The number of phenolic OH excluding ortho intramolecular Hbond substituents is 1. The normalized spacial score (nSPS) is 18.6. The van der Waals surface area contributed by atoms with Crippen LogP contribution in [0.1, 0.15) is 18.4 Å². The highest BCUT2D eigenvalue weighted by Crippen LogP contribution is 2.50. The smallest absolute Gasteiger partial charge is 0.120 e. The third-order valence-electron chi connectivity index (χ3n) is 2.69. The molecule has 0 saturated heterocycles. The first-order chi connectivity index (χ1) is 6.18. The van der Waals surface area contributed by atoms with E-state index >= 15 is 0 Å². The molecule has 0 spiro atoms. The Bertz CT molecular complexity index is 332. The second-order valence-electron chi connectivity index (χ2n) is 3.60. The number of halogens is 1. The van der Waals surface area contributed by atoms with E-state index in [0.717, 1.165) is 22.9 Å². The zero-order valence-corrected chi connectivity index (χ0v) is 8.71. The second-order valence-corrected chi connectivity index (χ2v) is 4.52. The van der Waals surface area contributed by atoms with Gasteiger partial charge < -0.3 is 10.2 Å². The van der Waals surface area contributed by atoms with Crippen LogP contribution in [-0.4, -0.2) is 16.8 Å². The third kappa shape index (κ3) is 1.46. The molecule has 0 unspecified atom stereocenters. The molecule has 0 heterocycles. The number of aromatic hydroxyl groups is 1. The van der Waals surface area contributed by atoms with Crippen LogP contribution in [0.2, 0.25) is 0 Å². The minimum absolute atomic E-state index is 0.127. The van der Waals surface area contributed by atoms with Crippen molar-refractivity contribution in [1.82, 2.24) is 0 Å². The van der Waals surface area contributed by atoms with E-state index in [-0.39, 0.29) is 17.8 Å². The maximum atomic E-state index is 9.66. The SMILES string of the molecule is OCC1(c2ccc(Br)cc2O)CC1. The number of aliphatic hydroxyl groups excluding tert-OH is 1. The Morgan fingerprint density at radius 3 is 2.54 bits per heavy atom. The van der Waals surface area contributed by atoms with Gasteiger partial charge >= 0.3 is 0 Å².